The lowest BCUT2D eigenvalue weighted by molar-refractivity contribution is -0.145. The van der Waals surface area contributed by atoms with Gasteiger partial charge in [-0.25, -0.2) is 4.79 Å². The molecule has 0 heterocycles. The average molecular weight is 400 g/mol. The number of carbonyl (C=O) groups is 2. The zero-order valence-electron chi connectivity index (χ0n) is 15.5. The minimum Gasteiger partial charge on any atom is -0.479 e. The highest BCUT2D eigenvalue weighted by Gasteiger charge is 2.37. The van der Waals surface area contributed by atoms with Gasteiger partial charge in [-0.1, -0.05) is 37.3 Å². The molecule has 0 bridgehead atoms. The second kappa shape index (κ2) is 11.9. The maximum absolute atomic E-state index is 12.5. The quantitative estimate of drug-likeness (QED) is 0.294. The third kappa shape index (κ3) is 8.67. The Labute approximate surface area is 159 Å². The highest BCUT2D eigenvalue weighted by atomic mass is 31.2. The van der Waals surface area contributed by atoms with Gasteiger partial charge in [0.25, 0.3) is 0 Å². The van der Waals surface area contributed by atoms with Crippen LogP contribution in [0.5, 0.6) is 0 Å². The number of carbonyl (C=O) groups excluding carboxylic acids is 1. The van der Waals surface area contributed by atoms with E-state index >= 15 is 0 Å². The lowest BCUT2D eigenvalue weighted by Crippen LogP contribution is -2.36. The summed E-state index contributed by atoms with van der Waals surface area (Å²) in [5.74, 6) is -2.86. The first kappa shape index (κ1) is 23.3. The van der Waals surface area contributed by atoms with E-state index in [1.807, 2.05) is 30.3 Å². The van der Waals surface area contributed by atoms with E-state index in [1.165, 1.54) is 0 Å². The van der Waals surface area contributed by atoms with Crippen molar-refractivity contribution in [3.8, 4) is 0 Å². The molecule has 8 nitrogen and oxygen atoms in total. The summed E-state index contributed by atoms with van der Waals surface area (Å²) >= 11 is 0. The van der Waals surface area contributed by atoms with Crippen molar-refractivity contribution in [2.45, 2.75) is 57.3 Å². The fraction of sp³-hybridized carbons (Fsp3) is 0.556. The molecule has 0 saturated carbocycles. The zero-order valence-corrected chi connectivity index (χ0v) is 16.4. The molecule has 1 aromatic carbocycles. The smallest absolute Gasteiger partial charge is 0.351 e. The van der Waals surface area contributed by atoms with Crippen LogP contribution in [0.4, 0.5) is 0 Å². The molecule has 1 aromatic rings. The van der Waals surface area contributed by atoms with E-state index in [9.17, 15) is 24.2 Å². The number of unbranched alkanes of at least 4 members (excludes halogenated alkanes) is 1. The molecule has 27 heavy (non-hydrogen) atoms. The van der Waals surface area contributed by atoms with Gasteiger partial charge in [0.1, 0.15) is 5.78 Å². The molecule has 0 radical (unpaired) electrons. The Kier molecular flexibility index (Phi) is 10.3. The largest absolute Gasteiger partial charge is 0.479 e. The van der Waals surface area contributed by atoms with E-state index in [4.69, 9.17) is 10.3 Å². The lowest BCUT2D eigenvalue weighted by Gasteiger charge is -2.25. The molecule has 1 rings (SSSR count). The summed E-state index contributed by atoms with van der Waals surface area (Å²) in [5, 5.41) is 11.7. The summed E-state index contributed by atoms with van der Waals surface area (Å²) in [6, 6.07) is 9.40. The van der Waals surface area contributed by atoms with Crippen LogP contribution in [0.25, 0.3) is 0 Å². The number of carboxylic acids is 1. The molecule has 0 aromatic heterocycles. The number of rotatable bonds is 13. The van der Waals surface area contributed by atoms with Crippen LogP contribution < -0.4 is 11.1 Å². The first-order valence-electron chi connectivity index (χ1n) is 9.07. The maximum Gasteiger partial charge on any atom is 0.351 e. The Bertz CT molecular complexity index is 640. The van der Waals surface area contributed by atoms with Crippen LogP contribution in [0.15, 0.2) is 30.3 Å². The fourth-order valence-corrected chi connectivity index (χ4v) is 4.00. The van der Waals surface area contributed by atoms with Gasteiger partial charge in [0.2, 0.25) is 5.91 Å². The third-order valence-electron chi connectivity index (χ3n) is 4.07. The first-order chi connectivity index (χ1) is 12.8. The predicted octanol–water partition coefficient (Wildman–Crippen LogP) is 2.26. The van der Waals surface area contributed by atoms with Gasteiger partial charge in [0, 0.05) is 6.42 Å². The average Bonchev–Trinajstić information content (AvgIpc) is 2.64. The molecule has 1 amide bonds. The Balaban J connectivity index is 2.63. The van der Waals surface area contributed by atoms with Crippen LogP contribution in [-0.2, 0) is 25.1 Å². The molecule has 0 aliphatic carbocycles. The Morgan fingerprint density at radius 2 is 1.93 bits per heavy atom. The maximum atomic E-state index is 12.5. The van der Waals surface area contributed by atoms with E-state index < -0.39 is 31.4 Å². The van der Waals surface area contributed by atoms with Gasteiger partial charge in [-0.2, -0.15) is 0 Å². The van der Waals surface area contributed by atoms with Crippen molar-refractivity contribution in [3.05, 3.63) is 35.9 Å². The third-order valence-corrected chi connectivity index (χ3v) is 5.90. The molecule has 0 saturated heterocycles. The highest BCUT2D eigenvalue weighted by molar-refractivity contribution is 7.53. The molecule has 3 atom stereocenters. The molecule has 0 spiro atoms. The molecule has 9 heteroatoms. The standard InChI is InChI=1S/C18H29N2O6P/c1-2-17(20-16(21)12-11-14-8-4-3-5-9-14)27(24,25)26-15(18(22)23)10-6-7-13-19/h3-5,8-9,15,17H,2,6-7,10-13,19H2,1H3,(H,20,21)(H,22,23)(H,24,25)/t15?,17-/m0/s1. The van der Waals surface area contributed by atoms with Crippen LogP contribution in [0.2, 0.25) is 0 Å². The van der Waals surface area contributed by atoms with Crippen molar-refractivity contribution in [2.24, 2.45) is 5.73 Å². The molecule has 0 aliphatic rings. The summed E-state index contributed by atoms with van der Waals surface area (Å²) in [5.41, 5.74) is 6.35. The lowest BCUT2D eigenvalue weighted by atomic mass is 10.1. The van der Waals surface area contributed by atoms with Gasteiger partial charge in [-0.15, -0.1) is 0 Å². The Morgan fingerprint density at radius 1 is 1.26 bits per heavy atom. The molecule has 0 aliphatic heterocycles. The van der Waals surface area contributed by atoms with Crippen molar-refractivity contribution in [3.63, 3.8) is 0 Å². The second-order valence-electron chi connectivity index (χ2n) is 6.26. The minimum absolute atomic E-state index is 0.0788. The fourth-order valence-electron chi connectivity index (χ4n) is 2.53. The van der Waals surface area contributed by atoms with Crippen LogP contribution >= 0.6 is 7.60 Å². The van der Waals surface area contributed by atoms with Crippen molar-refractivity contribution in [1.82, 2.24) is 5.32 Å². The van der Waals surface area contributed by atoms with E-state index in [0.29, 0.717) is 25.8 Å². The number of carboxylic acid groups (broad SMARTS) is 1. The zero-order chi connectivity index (χ0) is 20.3. The number of aliphatic carboxylic acids is 1. The number of nitrogens with one attached hydrogen (secondary N) is 1. The minimum atomic E-state index is -4.35. The van der Waals surface area contributed by atoms with Gasteiger partial charge in [-0.05, 0) is 44.2 Å². The molecule has 0 fully saturated rings. The van der Waals surface area contributed by atoms with Crippen LogP contribution in [0.1, 0.15) is 44.6 Å². The first-order valence-corrected chi connectivity index (χ1v) is 10.7. The van der Waals surface area contributed by atoms with Gasteiger partial charge in [0.05, 0.1) is 0 Å². The van der Waals surface area contributed by atoms with Gasteiger partial charge >= 0.3 is 13.6 Å². The number of hydrogen-bond acceptors (Lipinski definition) is 5. The number of aryl methyl sites for hydroxylation is 1. The number of nitrogens with two attached hydrogens (primary N) is 1. The number of amides is 1. The van der Waals surface area contributed by atoms with Crippen molar-refractivity contribution < 1.29 is 28.7 Å². The normalized spacial score (nSPS) is 15.5. The summed E-state index contributed by atoms with van der Waals surface area (Å²) < 4.78 is 17.6. The van der Waals surface area contributed by atoms with Crippen molar-refractivity contribution in [2.75, 3.05) is 6.54 Å². The van der Waals surface area contributed by atoms with E-state index in [1.54, 1.807) is 6.92 Å². The SMILES string of the molecule is CC[C@@H](NC(=O)CCc1ccccc1)P(=O)(O)OC(CCCCN)C(=O)O. The summed E-state index contributed by atoms with van der Waals surface area (Å²) in [7, 11) is -4.35. The Hall–Kier alpha value is -1.73. The Morgan fingerprint density at radius 3 is 2.48 bits per heavy atom. The molecular formula is C18H29N2O6P. The molecule has 5 N–H and O–H groups in total. The van der Waals surface area contributed by atoms with Crippen LogP contribution in [-0.4, -0.2) is 40.3 Å². The van der Waals surface area contributed by atoms with E-state index in [0.717, 1.165) is 5.56 Å². The van der Waals surface area contributed by atoms with Gasteiger partial charge < -0.3 is 21.1 Å². The van der Waals surface area contributed by atoms with Gasteiger partial charge in [-0.3, -0.25) is 13.9 Å². The molecular weight excluding hydrogens is 371 g/mol. The second-order valence-corrected chi connectivity index (χ2v) is 8.22. The summed E-state index contributed by atoms with van der Waals surface area (Å²) in [6.45, 7) is 2.02. The summed E-state index contributed by atoms with van der Waals surface area (Å²) in [6.07, 6.45) is 0.512. The number of benzene rings is 1. The predicted molar refractivity (Wildman–Crippen MR) is 102 cm³/mol. The van der Waals surface area contributed by atoms with E-state index in [2.05, 4.69) is 5.32 Å². The monoisotopic (exact) mass is 400 g/mol. The van der Waals surface area contributed by atoms with Gasteiger partial charge in [0.15, 0.2) is 6.10 Å². The van der Waals surface area contributed by atoms with Crippen LogP contribution in [0, 0.1) is 0 Å². The topological polar surface area (TPSA) is 139 Å². The number of hydrogen-bond donors (Lipinski definition) is 4. The summed E-state index contributed by atoms with van der Waals surface area (Å²) in [4.78, 5) is 33.6. The van der Waals surface area contributed by atoms with Crippen LogP contribution in [0.3, 0.4) is 0 Å². The molecule has 152 valence electrons. The van der Waals surface area contributed by atoms with Crippen molar-refractivity contribution >= 4 is 19.5 Å². The highest BCUT2D eigenvalue weighted by Crippen LogP contribution is 2.49. The van der Waals surface area contributed by atoms with Crippen molar-refractivity contribution in [1.29, 1.82) is 0 Å². The molecule has 2 unspecified atom stereocenters. The van der Waals surface area contributed by atoms with E-state index in [-0.39, 0.29) is 19.3 Å².